The minimum atomic E-state index is -1.25. The van der Waals surface area contributed by atoms with Crippen LogP contribution in [0.4, 0.5) is 0 Å². The van der Waals surface area contributed by atoms with Crippen molar-refractivity contribution in [2.75, 3.05) is 13.1 Å². The number of H-pyrrole nitrogens is 1. The van der Waals surface area contributed by atoms with Crippen LogP contribution in [-0.4, -0.2) is 39.1 Å². The van der Waals surface area contributed by atoms with Gasteiger partial charge in [0.15, 0.2) is 0 Å². The van der Waals surface area contributed by atoms with E-state index in [-0.39, 0.29) is 24.6 Å². The van der Waals surface area contributed by atoms with E-state index in [1.54, 1.807) is 12.3 Å². The number of fused-ring (bicyclic) bond motifs is 1. The van der Waals surface area contributed by atoms with Gasteiger partial charge < -0.3 is 9.90 Å². The quantitative estimate of drug-likeness (QED) is 0.631. The maximum Gasteiger partial charge on any atom is 1.00 e. The number of nitrogens with zero attached hydrogens (tertiary/aromatic N) is 3. The van der Waals surface area contributed by atoms with Crippen LogP contribution in [0.1, 0.15) is 35.8 Å². The fourth-order valence-electron chi connectivity index (χ4n) is 2.90. The van der Waals surface area contributed by atoms with E-state index < -0.39 is 5.97 Å². The maximum absolute atomic E-state index is 11.0. The number of nitrogens with one attached hydrogen (secondary N) is 1. The minimum Gasteiger partial charge on any atom is -0.543 e. The van der Waals surface area contributed by atoms with Crippen LogP contribution in [0.5, 0.6) is 0 Å². The summed E-state index contributed by atoms with van der Waals surface area (Å²) in [6.07, 6.45) is 3.99. The molecule has 106 valence electrons. The second-order valence-electron chi connectivity index (χ2n) is 5.57. The number of aromatic nitrogens is 3. The van der Waals surface area contributed by atoms with E-state index in [4.69, 9.17) is 0 Å². The predicted molar refractivity (Wildman–Crippen MR) is 71.9 cm³/mol. The zero-order chi connectivity index (χ0) is 14.1. The molecule has 0 aromatic carbocycles. The summed E-state index contributed by atoms with van der Waals surface area (Å²) in [5.74, 6) is -0.565. The molecule has 3 rings (SSSR count). The number of hydrogen-bond donors (Lipinski definition) is 1. The molecule has 21 heavy (non-hydrogen) atoms. The van der Waals surface area contributed by atoms with E-state index in [1.165, 1.54) is 12.8 Å². The number of carbonyl (C=O) groups is 1. The first-order valence-electron chi connectivity index (χ1n) is 6.90. The monoisotopic (exact) mass is 280 g/mol. The van der Waals surface area contributed by atoms with Crippen molar-refractivity contribution in [3.63, 3.8) is 0 Å². The number of rotatable bonds is 3. The van der Waals surface area contributed by atoms with E-state index in [2.05, 4.69) is 27.0 Å². The molecule has 7 heteroatoms. The van der Waals surface area contributed by atoms with Gasteiger partial charge in [-0.25, -0.2) is 4.98 Å². The Labute approximate surface area is 135 Å². The number of pyridine rings is 1. The van der Waals surface area contributed by atoms with Gasteiger partial charge in [0.05, 0.1) is 23.4 Å². The summed E-state index contributed by atoms with van der Waals surface area (Å²) in [6, 6.07) is 1.59. The van der Waals surface area contributed by atoms with Crippen LogP contribution in [0.25, 0.3) is 11.0 Å². The van der Waals surface area contributed by atoms with Crippen LogP contribution < -0.4 is 24.0 Å². The Kier molecular flexibility index (Phi) is 5.04. The summed E-state index contributed by atoms with van der Waals surface area (Å²) in [5, 5.41) is 17.9. The van der Waals surface area contributed by atoms with Gasteiger partial charge in [0, 0.05) is 13.1 Å². The third kappa shape index (κ3) is 3.46. The van der Waals surface area contributed by atoms with Gasteiger partial charge in [0.2, 0.25) is 0 Å². The van der Waals surface area contributed by atoms with Gasteiger partial charge in [0.25, 0.3) is 0 Å². The number of carboxylic acid groups (broad SMARTS) is 1. The van der Waals surface area contributed by atoms with Gasteiger partial charge >= 0.3 is 18.9 Å². The van der Waals surface area contributed by atoms with Crippen molar-refractivity contribution in [2.45, 2.75) is 26.3 Å². The molecule has 0 radical (unpaired) electrons. The number of carboxylic acids is 1. The van der Waals surface area contributed by atoms with Crippen molar-refractivity contribution in [2.24, 2.45) is 5.92 Å². The van der Waals surface area contributed by atoms with Crippen molar-refractivity contribution < 1.29 is 28.8 Å². The molecule has 1 aliphatic heterocycles. The summed E-state index contributed by atoms with van der Waals surface area (Å²) >= 11 is 0. The van der Waals surface area contributed by atoms with Crippen LogP contribution in [0.15, 0.2) is 12.3 Å². The molecule has 1 N–H and O–H groups in total. The van der Waals surface area contributed by atoms with Crippen molar-refractivity contribution in [3.8, 4) is 0 Å². The van der Waals surface area contributed by atoms with Crippen molar-refractivity contribution in [1.29, 1.82) is 0 Å². The van der Waals surface area contributed by atoms with E-state index in [9.17, 15) is 9.90 Å². The molecule has 0 spiro atoms. The summed E-state index contributed by atoms with van der Waals surface area (Å²) in [5.41, 5.74) is 2.28. The minimum absolute atomic E-state index is 0. The molecule has 2 aromatic heterocycles. The Morgan fingerprint density at radius 3 is 3.10 bits per heavy atom. The molecule has 1 saturated heterocycles. The van der Waals surface area contributed by atoms with E-state index >= 15 is 0 Å². The Morgan fingerprint density at radius 1 is 1.57 bits per heavy atom. The SMILES string of the molecule is C[C@H]1CCCN(Cc2cc(C(=O)[O-])nc3cn[nH]c23)C1.[Li+]. The molecule has 0 bridgehead atoms. The van der Waals surface area contributed by atoms with E-state index in [0.29, 0.717) is 18.0 Å². The standard InChI is InChI=1S/C14H18N4O2.Li/c1-9-3-2-4-18(7-9)8-10-5-11(14(19)20)16-12-6-15-17-13(10)12;/h5-6,9H,2-4,7-8H2,1H3,(H,15,17)(H,19,20);/q;+1/p-1/t9-;/m0./s1. The predicted octanol–water partition coefficient (Wildman–Crippen LogP) is -2.44. The first-order valence-corrected chi connectivity index (χ1v) is 6.90. The fraction of sp³-hybridized carbons (Fsp3) is 0.500. The van der Waals surface area contributed by atoms with Crippen LogP contribution >= 0.6 is 0 Å². The third-order valence-corrected chi connectivity index (χ3v) is 3.84. The Morgan fingerprint density at radius 2 is 2.38 bits per heavy atom. The number of piperidine rings is 1. The van der Waals surface area contributed by atoms with Crippen LogP contribution in [0.2, 0.25) is 0 Å². The molecule has 0 saturated carbocycles. The smallest absolute Gasteiger partial charge is 0.543 e. The van der Waals surface area contributed by atoms with E-state index in [1.807, 2.05) is 0 Å². The molecule has 6 nitrogen and oxygen atoms in total. The zero-order valence-electron chi connectivity index (χ0n) is 12.4. The summed E-state index contributed by atoms with van der Waals surface area (Å²) in [7, 11) is 0. The normalized spacial score (nSPS) is 19.4. The molecule has 3 heterocycles. The average Bonchev–Trinajstić information content (AvgIpc) is 2.87. The number of aromatic carboxylic acids is 1. The number of hydrogen-bond acceptors (Lipinski definition) is 5. The van der Waals surface area contributed by atoms with Crippen molar-refractivity contribution in [3.05, 3.63) is 23.5 Å². The molecule has 0 aliphatic carbocycles. The molecule has 1 fully saturated rings. The first kappa shape index (κ1) is 16.0. The second kappa shape index (κ2) is 6.61. The van der Waals surface area contributed by atoms with E-state index in [0.717, 1.165) is 24.2 Å². The molecule has 0 amide bonds. The summed E-state index contributed by atoms with van der Waals surface area (Å²) in [4.78, 5) is 17.4. The molecule has 1 atom stereocenters. The van der Waals surface area contributed by atoms with Gasteiger partial charge in [-0.1, -0.05) is 6.92 Å². The molecule has 0 unspecified atom stereocenters. The summed E-state index contributed by atoms with van der Waals surface area (Å²) < 4.78 is 0. The Hall–Kier alpha value is -1.35. The van der Waals surface area contributed by atoms with Crippen LogP contribution in [-0.2, 0) is 6.54 Å². The van der Waals surface area contributed by atoms with Crippen molar-refractivity contribution >= 4 is 17.0 Å². The Bertz CT molecular complexity index is 643. The average molecular weight is 280 g/mol. The van der Waals surface area contributed by atoms with Gasteiger partial charge in [-0.15, -0.1) is 0 Å². The number of likely N-dealkylation sites (tertiary alicyclic amines) is 1. The number of aromatic amines is 1. The van der Waals surface area contributed by atoms with Gasteiger partial charge in [-0.3, -0.25) is 10.00 Å². The largest absolute Gasteiger partial charge is 1.00 e. The number of carbonyl (C=O) groups excluding carboxylic acids is 1. The van der Waals surface area contributed by atoms with Gasteiger partial charge in [0.1, 0.15) is 5.52 Å². The molecule has 1 aliphatic rings. The zero-order valence-corrected chi connectivity index (χ0v) is 12.4. The van der Waals surface area contributed by atoms with Crippen LogP contribution in [0.3, 0.4) is 0 Å². The first-order chi connectivity index (χ1) is 9.63. The Balaban J connectivity index is 0.00000161. The molecule has 2 aromatic rings. The maximum atomic E-state index is 11.0. The van der Waals surface area contributed by atoms with Gasteiger partial charge in [-0.05, 0) is 36.9 Å². The van der Waals surface area contributed by atoms with Gasteiger partial charge in [-0.2, -0.15) is 5.10 Å². The molecular weight excluding hydrogens is 263 g/mol. The second-order valence-corrected chi connectivity index (χ2v) is 5.57. The van der Waals surface area contributed by atoms with Crippen molar-refractivity contribution in [1.82, 2.24) is 20.1 Å². The molecular formula is C14H17LiN4O2. The van der Waals surface area contributed by atoms with Crippen LogP contribution in [0, 0.1) is 5.92 Å². The topological polar surface area (TPSA) is 84.9 Å². The summed E-state index contributed by atoms with van der Waals surface area (Å²) in [6.45, 7) is 5.05. The third-order valence-electron chi connectivity index (χ3n) is 3.84. The fourth-order valence-corrected chi connectivity index (χ4v) is 2.90.